The summed E-state index contributed by atoms with van der Waals surface area (Å²) in [7, 11) is 0. The SMILES string of the molecule is CC1(c2ccccc2)CCCC2N(CC3COC3)C(=O)c3c(O)c(=O)ccn3N21. The number of fused-ring (bicyclic) bond motifs is 3. The number of ether oxygens (including phenoxy) is 1. The Balaban J connectivity index is 1.69. The summed E-state index contributed by atoms with van der Waals surface area (Å²) in [6.07, 6.45) is 4.22. The zero-order chi connectivity index (χ0) is 20.2. The summed E-state index contributed by atoms with van der Waals surface area (Å²) in [5, 5.41) is 12.7. The number of aromatic nitrogens is 1. The number of amides is 1. The van der Waals surface area contributed by atoms with Crippen LogP contribution in [0.3, 0.4) is 0 Å². The van der Waals surface area contributed by atoms with Crippen molar-refractivity contribution in [2.75, 3.05) is 24.8 Å². The number of benzene rings is 1. The van der Waals surface area contributed by atoms with Crippen molar-refractivity contribution >= 4 is 5.91 Å². The summed E-state index contributed by atoms with van der Waals surface area (Å²) >= 11 is 0. The first-order chi connectivity index (χ1) is 14.0. The predicted octanol–water partition coefficient (Wildman–Crippen LogP) is 2.02. The molecule has 2 atom stereocenters. The van der Waals surface area contributed by atoms with Gasteiger partial charge in [-0.05, 0) is 31.7 Å². The number of rotatable bonds is 3. The largest absolute Gasteiger partial charge is 0.502 e. The van der Waals surface area contributed by atoms with Crippen LogP contribution in [-0.4, -0.2) is 46.5 Å². The highest BCUT2D eigenvalue weighted by atomic mass is 16.5. The third-order valence-corrected chi connectivity index (χ3v) is 6.58. The van der Waals surface area contributed by atoms with Gasteiger partial charge >= 0.3 is 0 Å². The lowest BCUT2D eigenvalue weighted by atomic mass is 9.81. The third-order valence-electron chi connectivity index (χ3n) is 6.58. The van der Waals surface area contributed by atoms with Crippen LogP contribution in [0.2, 0.25) is 0 Å². The van der Waals surface area contributed by atoms with Gasteiger partial charge in [0, 0.05) is 24.7 Å². The molecule has 0 spiro atoms. The van der Waals surface area contributed by atoms with E-state index in [9.17, 15) is 14.7 Å². The van der Waals surface area contributed by atoms with E-state index in [1.54, 1.807) is 10.9 Å². The number of hydrogen-bond acceptors (Lipinski definition) is 5. The van der Waals surface area contributed by atoms with Crippen LogP contribution in [0.5, 0.6) is 5.75 Å². The first-order valence-corrected chi connectivity index (χ1v) is 10.2. The van der Waals surface area contributed by atoms with Crippen LogP contribution < -0.4 is 10.4 Å². The zero-order valence-electron chi connectivity index (χ0n) is 16.5. The molecule has 2 fully saturated rings. The summed E-state index contributed by atoms with van der Waals surface area (Å²) in [5.74, 6) is -0.479. The fourth-order valence-electron chi connectivity index (χ4n) is 4.98. The van der Waals surface area contributed by atoms with Crippen LogP contribution in [0.25, 0.3) is 0 Å². The van der Waals surface area contributed by atoms with Gasteiger partial charge in [0.1, 0.15) is 6.17 Å². The highest BCUT2D eigenvalue weighted by molar-refractivity contribution is 5.96. The Hall–Kier alpha value is -2.80. The molecule has 2 unspecified atom stereocenters. The molecule has 3 aliphatic rings. The van der Waals surface area contributed by atoms with E-state index in [0.29, 0.717) is 19.8 Å². The van der Waals surface area contributed by atoms with Gasteiger partial charge in [-0.2, -0.15) is 0 Å². The Morgan fingerprint density at radius 1 is 1.17 bits per heavy atom. The molecule has 1 N–H and O–H groups in total. The number of piperidine rings is 1. The van der Waals surface area contributed by atoms with Crippen molar-refractivity contribution in [3.05, 3.63) is 64.1 Å². The van der Waals surface area contributed by atoms with Crippen molar-refractivity contribution in [2.24, 2.45) is 5.92 Å². The van der Waals surface area contributed by atoms with Gasteiger partial charge < -0.3 is 14.7 Å². The van der Waals surface area contributed by atoms with Gasteiger partial charge in [-0.1, -0.05) is 30.3 Å². The van der Waals surface area contributed by atoms with Gasteiger partial charge in [0.25, 0.3) is 5.91 Å². The van der Waals surface area contributed by atoms with E-state index < -0.39 is 11.2 Å². The quantitative estimate of drug-likeness (QED) is 0.861. The second-order valence-electron chi connectivity index (χ2n) is 8.44. The Labute approximate surface area is 169 Å². The molecule has 1 amide bonds. The fraction of sp³-hybridized carbons (Fsp3) is 0.455. The first-order valence-electron chi connectivity index (χ1n) is 10.2. The molecule has 4 heterocycles. The van der Waals surface area contributed by atoms with Crippen LogP contribution in [0.1, 0.15) is 42.2 Å². The second kappa shape index (κ2) is 6.62. The number of pyridine rings is 1. The molecule has 0 saturated carbocycles. The maximum Gasteiger partial charge on any atom is 0.278 e. The minimum Gasteiger partial charge on any atom is -0.502 e. The summed E-state index contributed by atoms with van der Waals surface area (Å²) in [6.45, 7) is 4.02. The standard InChI is InChI=1S/C22H25N3O4/c1-22(16-6-3-2-4-7-16)10-5-8-18-23(12-15-13-29-14-15)21(28)19-20(27)17(26)9-11-24(19)25(18)22/h2-4,6-7,9,11,15,18,27H,5,8,10,12-14H2,1H3. The van der Waals surface area contributed by atoms with Crippen LogP contribution in [0.15, 0.2) is 47.4 Å². The van der Waals surface area contributed by atoms with Crippen molar-refractivity contribution < 1.29 is 14.6 Å². The van der Waals surface area contributed by atoms with Crippen LogP contribution in [-0.2, 0) is 10.3 Å². The molecule has 5 rings (SSSR count). The lowest BCUT2D eigenvalue weighted by molar-refractivity contribution is -0.0542. The monoisotopic (exact) mass is 395 g/mol. The maximum absolute atomic E-state index is 13.4. The molecule has 7 heteroatoms. The minimum atomic E-state index is -0.534. The third kappa shape index (κ3) is 2.68. The Morgan fingerprint density at radius 2 is 1.93 bits per heavy atom. The molecule has 0 aliphatic carbocycles. The van der Waals surface area contributed by atoms with E-state index >= 15 is 0 Å². The Kier molecular flexibility index (Phi) is 4.17. The predicted molar refractivity (Wildman–Crippen MR) is 107 cm³/mol. The lowest BCUT2D eigenvalue weighted by Crippen LogP contribution is -2.69. The molecule has 29 heavy (non-hydrogen) atoms. The van der Waals surface area contributed by atoms with Gasteiger partial charge in [0.2, 0.25) is 5.43 Å². The minimum absolute atomic E-state index is 0.0537. The average Bonchev–Trinajstić information content (AvgIpc) is 2.69. The molecule has 1 aromatic carbocycles. The fourth-order valence-corrected chi connectivity index (χ4v) is 4.98. The van der Waals surface area contributed by atoms with Gasteiger partial charge in [-0.15, -0.1) is 0 Å². The second-order valence-corrected chi connectivity index (χ2v) is 8.44. The number of aromatic hydroxyl groups is 1. The molecule has 7 nitrogen and oxygen atoms in total. The normalized spacial score (nSPS) is 26.7. The summed E-state index contributed by atoms with van der Waals surface area (Å²) < 4.78 is 7.03. The van der Waals surface area contributed by atoms with E-state index in [1.807, 2.05) is 23.1 Å². The molecular weight excluding hydrogens is 370 g/mol. The van der Waals surface area contributed by atoms with Crippen molar-refractivity contribution in [3.8, 4) is 5.75 Å². The molecule has 0 radical (unpaired) electrons. The Bertz CT molecular complexity index is 1000. The van der Waals surface area contributed by atoms with Crippen molar-refractivity contribution in [1.29, 1.82) is 0 Å². The lowest BCUT2D eigenvalue weighted by Gasteiger charge is -2.57. The Morgan fingerprint density at radius 3 is 2.62 bits per heavy atom. The van der Waals surface area contributed by atoms with Crippen molar-refractivity contribution in [3.63, 3.8) is 0 Å². The summed E-state index contributed by atoms with van der Waals surface area (Å²) in [5.41, 5.74) is 0.289. The number of nitrogens with zero attached hydrogens (tertiary/aromatic N) is 3. The van der Waals surface area contributed by atoms with Crippen LogP contribution in [0, 0.1) is 5.92 Å². The molecule has 2 aromatic rings. The van der Waals surface area contributed by atoms with E-state index in [-0.39, 0.29) is 29.2 Å². The van der Waals surface area contributed by atoms with E-state index in [4.69, 9.17) is 4.74 Å². The van der Waals surface area contributed by atoms with E-state index in [2.05, 4.69) is 24.1 Å². The molecule has 152 valence electrons. The average molecular weight is 395 g/mol. The summed E-state index contributed by atoms with van der Waals surface area (Å²) in [6, 6.07) is 11.6. The molecule has 1 aromatic heterocycles. The topological polar surface area (TPSA) is 75.0 Å². The smallest absolute Gasteiger partial charge is 0.278 e. The number of carbonyl (C=O) groups is 1. The van der Waals surface area contributed by atoms with Crippen LogP contribution in [0.4, 0.5) is 0 Å². The van der Waals surface area contributed by atoms with Crippen molar-refractivity contribution in [2.45, 2.75) is 37.9 Å². The van der Waals surface area contributed by atoms with E-state index in [1.165, 1.54) is 6.07 Å². The van der Waals surface area contributed by atoms with Gasteiger partial charge in [-0.3, -0.25) is 19.3 Å². The zero-order valence-corrected chi connectivity index (χ0v) is 16.5. The summed E-state index contributed by atoms with van der Waals surface area (Å²) in [4.78, 5) is 27.4. The maximum atomic E-state index is 13.4. The number of hydrogen-bond donors (Lipinski definition) is 1. The molecular formula is C22H25N3O4. The van der Waals surface area contributed by atoms with Gasteiger partial charge in [0.15, 0.2) is 11.4 Å². The molecule has 3 aliphatic heterocycles. The highest BCUT2D eigenvalue weighted by Crippen LogP contribution is 2.43. The van der Waals surface area contributed by atoms with Crippen molar-refractivity contribution in [1.82, 2.24) is 9.58 Å². The molecule has 2 saturated heterocycles. The van der Waals surface area contributed by atoms with Gasteiger partial charge in [-0.25, -0.2) is 0 Å². The number of carbonyl (C=O) groups excluding carboxylic acids is 1. The van der Waals surface area contributed by atoms with Gasteiger partial charge in [0.05, 0.1) is 18.8 Å². The van der Waals surface area contributed by atoms with Crippen LogP contribution >= 0.6 is 0 Å². The molecule has 0 bridgehead atoms. The van der Waals surface area contributed by atoms with E-state index in [0.717, 1.165) is 24.8 Å². The highest BCUT2D eigenvalue weighted by Gasteiger charge is 2.50. The first kappa shape index (κ1) is 18.2.